The van der Waals surface area contributed by atoms with E-state index in [0.29, 0.717) is 12.5 Å². The SMILES string of the molecule is CC(CC=O)c1ccccc1OC1CC1. The van der Waals surface area contributed by atoms with Gasteiger partial charge in [-0.15, -0.1) is 0 Å². The maximum Gasteiger partial charge on any atom is 0.123 e. The van der Waals surface area contributed by atoms with Crippen molar-refractivity contribution in [3.63, 3.8) is 0 Å². The van der Waals surface area contributed by atoms with Crippen LogP contribution in [0.15, 0.2) is 24.3 Å². The van der Waals surface area contributed by atoms with Gasteiger partial charge in [0.05, 0.1) is 6.10 Å². The van der Waals surface area contributed by atoms with Crippen molar-refractivity contribution in [1.29, 1.82) is 0 Å². The lowest BCUT2D eigenvalue weighted by Gasteiger charge is -2.14. The predicted molar refractivity (Wildman–Crippen MR) is 59.2 cm³/mol. The van der Waals surface area contributed by atoms with Gasteiger partial charge in [-0.1, -0.05) is 25.1 Å². The zero-order valence-electron chi connectivity index (χ0n) is 8.98. The fourth-order valence-corrected chi connectivity index (χ4v) is 1.63. The highest BCUT2D eigenvalue weighted by Gasteiger charge is 2.25. The normalized spacial score (nSPS) is 17.1. The van der Waals surface area contributed by atoms with Gasteiger partial charge in [0.25, 0.3) is 0 Å². The van der Waals surface area contributed by atoms with Crippen LogP contribution in [0.3, 0.4) is 0 Å². The molecule has 0 saturated heterocycles. The van der Waals surface area contributed by atoms with Crippen molar-refractivity contribution in [1.82, 2.24) is 0 Å². The van der Waals surface area contributed by atoms with Crippen molar-refractivity contribution in [2.45, 2.75) is 38.2 Å². The summed E-state index contributed by atoms with van der Waals surface area (Å²) in [7, 11) is 0. The topological polar surface area (TPSA) is 26.3 Å². The van der Waals surface area contributed by atoms with E-state index in [1.807, 2.05) is 24.3 Å². The first-order valence-corrected chi connectivity index (χ1v) is 5.50. The van der Waals surface area contributed by atoms with Gasteiger partial charge in [-0.2, -0.15) is 0 Å². The second kappa shape index (κ2) is 4.47. The van der Waals surface area contributed by atoms with Gasteiger partial charge >= 0.3 is 0 Å². The zero-order valence-corrected chi connectivity index (χ0v) is 8.98. The Morgan fingerprint density at radius 3 is 2.87 bits per heavy atom. The fraction of sp³-hybridized carbons (Fsp3) is 0.462. The Hall–Kier alpha value is -1.31. The summed E-state index contributed by atoms with van der Waals surface area (Å²) in [4.78, 5) is 10.5. The van der Waals surface area contributed by atoms with Gasteiger partial charge in [-0.3, -0.25) is 0 Å². The highest BCUT2D eigenvalue weighted by Crippen LogP contribution is 2.33. The van der Waals surface area contributed by atoms with E-state index in [4.69, 9.17) is 4.74 Å². The molecule has 1 atom stereocenters. The summed E-state index contributed by atoms with van der Waals surface area (Å²) in [5, 5.41) is 0. The van der Waals surface area contributed by atoms with E-state index in [1.165, 1.54) is 0 Å². The Bertz CT molecular complexity index is 342. The summed E-state index contributed by atoms with van der Waals surface area (Å²) in [6.07, 6.45) is 4.27. The first-order chi connectivity index (χ1) is 7.31. The lowest BCUT2D eigenvalue weighted by atomic mass is 9.97. The van der Waals surface area contributed by atoms with E-state index in [0.717, 1.165) is 30.4 Å². The molecule has 2 nitrogen and oxygen atoms in total. The molecule has 0 aromatic heterocycles. The first kappa shape index (κ1) is 10.2. The number of hydrogen-bond acceptors (Lipinski definition) is 2. The van der Waals surface area contributed by atoms with Crippen LogP contribution in [0.25, 0.3) is 0 Å². The van der Waals surface area contributed by atoms with Gasteiger partial charge in [0.2, 0.25) is 0 Å². The number of ether oxygens (including phenoxy) is 1. The molecule has 0 spiro atoms. The van der Waals surface area contributed by atoms with E-state index < -0.39 is 0 Å². The average Bonchev–Trinajstić information content (AvgIpc) is 3.03. The molecule has 1 aliphatic rings. The molecule has 0 heterocycles. The second-order valence-electron chi connectivity index (χ2n) is 4.16. The Morgan fingerprint density at radius 2 is 2.20 bits per heavy atom. The van der Waals surface area contributed by atoms with Crippen LogP contribution in [0.5, 0.6) is 5.75 Å². The van der Waals surface area contributed by atoms with Gasteiger partial charge in [-0.05, 0) is 30.4 Å². The Kier molecular flexibility index (Phi) is 3.05. The molecule has 1 saturated carbocycles. The molecule has 1 aliphatic carbocycles. The quantitative estimate of drug-likeness (QED) is 0.689. The van der Waals surface area contributed by atoms with Crippen molar-refractivity contribution in [3.8, 4) is 5.75 Å². The highest BCUT2D eigenvalue weighted by molar-refractivity contribution is 5.52. The number of hydrogen-bond donors (Lipinski definition) is 0. The van der Waals surface area contributed by atoms with Crippen LogP contribution in [0.4, 0.5) is 0 Å². The van der Waals surface area contributed by atoms with E-state index in [2.05, 4.69) is 6.92 Å². The van der Waals surface area contributed by atoms with Gasteiger partial charge in [0, 0.05) is 6.42 Å². The third-order valence-corrected chi connectivity index (χ3v) is 2.72. The minimum atomic E-state index is 0.248. The summed E-state index contributed by atoms with van der Waals surface area (Å²) in [5.41, 5.74) is 1.15. The standard InChI is InChI=1S/C13H16O2/c1-10(8-9-14)12-4-2-3-5-13(12)15-11-6-7-11/h2-5,9-11H,6-8H2,1H3. The maximum atomic E-state index is 10.5. The van der Waals surface area contributed by atoms with Crippen molar-refractivity contribution in [2.24, 2.45) is 0 Å². The lowest BCUT2D eigenvalue weighted by Crippen LogP contribution is -2.02. The van der Waals surface area contributed by atoms with E-state index in [-0.39, 0.29) is 5.92 Å². The van der Waals surface area contributed by atoms with Crippen LogP contribution in [-0.4, -0.2) is 12.4 Å². The van der Waals surface area contributed by atoms with Gasteiger partial charge in [0.1, 0.15) is 12.0 Å². The van der Waals surface area contributed by atoms with Crippen molar-refractivity contribution in [3.05, 3.63) is 29.8 Å². The van der Waals surface area contributed by atoms with E-state index in [9.17, 15) is 4.79 Å². The third-order valence-electron chi connectivity index (χ3n) is 2.72. The number of aldehydes is 1. The van der Waals surface area contributed by atoms with Crippen molar-refractivity contribution >= 4 is 6.29 Å². The Balaban J connectivity index is 2.15. The minimum absolute atomic E-state index is 0.248. The molecule has 1 aromatic carbocycles. The van der Waals surface area contributed by atoms with Crippen LogP contribution >= 0.6 is 0 Å². The van der Waals surface area contributed by atoms with Gasteiger partial charge in [-0.25, -0.2) is 0 Å². The number of benzene rings is 1. The molecule has 1 aromatic rings. The molecular weight excluding hydrogens is 188 g/mol. The second-order valence-corrected chi connectivity index (χ2v) is 4.16. The number of carbonyl (C=O) groups is 1. The molecule has 2 heteroatoms. The minimum Gasteiger partial charge on any atom is -0.490 e. The third kappa shape index (κ3) is 2.58. The van der Waals surface area contributed by atoms with E-state index >= 15 is 0 Å². The molecule has 15 heavy (non-hydrogen) atoms. The number of rotatable bonds is 5. The van der Waals surface area contributed by atoms with Crippen molar-refractivity contribution in [2.75, 3.05) is 0 Å². The summed E-state index contributed by atoms with van der Waals surface area (Å²) in [6.45, 7) is 2.06. The molecule has 2 rings (SSSR count). The van der Waals surface area contributed by atoms with Crippen LogP contribution in [0, 0.1) is 0 Å². The van der Waals surface area contributed by atoms with Crippen LogP contribution in [0.2, 0.25) is 0 Å². The molecule has 1 fully saturated rings. The Morgan fingerprint density at radius 1 is 1.47 bits per heavy atom. The van der Waals surface area contributed by atoms with E-state index in [1.54, 1.807) is 0 Å². The first-order valence-electron chi connectivity index (χ1n) is 5.50. The van der Waals surface area contributed by atoms with Gasteiger partial charge < -0.3 is 9.53 Å². The van der Waals surface area contributed by atoms with Crippen molar-refractivity contribution < 1.29 is 9.53 Å². The lowest BCUT2D eigenvalue weighted by molar-refractivity contribution is -0.108. The Labute approximate surface area is 90.3 Å². The van der Waals surface area contributed by atoms with Crippen LogP contribution < -0.4 is 4.74 Å². The maximum absolute atomic E-state index is 10.5. The summed E-state index contributed by atoms with van der Waals surface area (Å²) in [5.74, 6) is 1.20. The van der Waals surface area contributed by atoms with Crippen LogP contribution in [0.1, 0.15) is 37.7 Å². The highest BCUT2D eigenvalue weighted by atomic mass is 16.5. The number of para-hydroxylation sites is 1. The molecule has 0 radical (unpaired) electrons. The summed E-state index contributed by atoms with van der Waals surface area (Å²) < 4.78 is 5.81. The zero-order chi connectivity index (χ0) is 10.7. The fourth-order valence-electron chi connectivity index (χ4n) is 1.63. The molecular formula is C13H16O2. The smallest absolute Gasteiger partial charge is 0.123 e. The average molecular weight is 204 g/mol. The molecule has 0 bridgehead atoms. The summed E-state index contributed by atoms with van der Waals surface area (Å²) >= 11 is 0. The molecule has 1 unspecified atom stereocenters. The molecule has 0 N–H and O–H groups in total. The van der Waals surface area contributed by atoms with Gasteiger partial charge in [0.15, 0.2) is 0 Å². The molecule has 0 amide bonds. The summed E-state index contributed by atoms with van der Waals surface area (Å²) in [6, 6.07) is 8.02. The molecule has 0 aliphatic heterocycles. The largest absolute Gasteiger partial charge is 0.490 e. The molecule has 80 valence electrons. The van der Waals surface area contributed by atoms with Crippen LogP contribution in [-0.2, 0) is 4.79 Å². The number of carbonyl (C=O) groups excluding carboxylic acids is 1. The predicted octanol–water partition coefficient (Wildman–Crippen LogP) is 2.92. The monoisotopic (exact) mass is 204 g/mol.